The van der Waals surface area contributed by atoms with Gasteiger partial charge in [-0.2, -0.15) is 0 Å². The Morgan fingerprint density at radius 3 is 2.06 bits per heavy atom. The Labute approximate surface area is 437 Å². The maximum Gasteiger partial charge on any atom is 0.137 e. The van der Waals surface area contributed by atoms with E-state index in [1.54, 1.807) is 23.6 Å². The fourth-order valence-corrected chi connectivity index (χ4v) is 11.6. The molecule has 12 rings (SSSR count). The lowest BCUT2D eigenvalue weighted by molar-refractivity contribution is 0.483. The highest BCUT2D eigenvalue weighted by molar-refractivity contribution is 7.26. The fraction of sp³-hybridized carbons (Fsp3) is 0.197. The molecule has 0 atom stereocenters. The van der Waals surface area contributed by atoms with E-state index in [1.165, 1.54) is 31.3 Å². The van der Waals surface area contributed by atoms with Crippen molar-refractivity contribution >= 4 is 76.1 Å². The molecule has 0 fully saturated rings. The molecule has 0 aliphatic carbocycles. The molecule has 356 valence electrons. The number of pyridine rings is 1. The van der Waals surface area contributed by atoms with Gasteiger partial charge in [0.25, 0.3) is 0 Å². The van der Waals surface area contributed by atoms with Crippen LogP contribution in [0, 0.1) is 5.92 Å². The summed E-state index contributed by atoms with van der Waals surface area (Å²) in [4.78, 5) is 9.33. The number of aromatic nitrogens is 2. The zero-order chi connectivity index (χ0) is 55.6. The zero-order valence-corrected chi connectivity index (χ0v) is 42.7. The van der Waals surface area contributed by atoms with Crippen molar-refractivity contribution in [2.75, 3.05) is 16.5 Å². The Kier molecular flexibility index (Phi) is 9.29. The minimum atomic E-state index is -1.58. The maximum atomic E-state index is 9.28. The quantitative estimate of drug-likeness (QED) is 0.144. The normalized spacial score (nSPS) is 14.7. The highest BCUT2D eigenvalue weighted by atomic mass is 32.1. The molecule has 11 aromatic rings. The number of para-hydroxylation sites is 3. The zero-order valence-electron chi connectivity index (χ0n) is 48.9. The van der Waals surface area contributed by atoms with E-state index in [2.05, 4.69) is 147 Å². The summed E-state index contributed by atoms with van der Waals surface area (Å²) in [5, 5.41) is 4.52. The molecule has 0 radical (unpaired) electrons. The summed E-state index contributed by atoms with van der Waals surface area (Å²) in [6.45, 7) is 17.4. The van der Waals surface area contributed by atoms with Crippen LogP contribution in [0.3, 0.4) is 0 Å². The molecule has 4 heterocycles. The molecule has 0 saturated carbocycles. The lowest BCUT2D eigenvalue weighted by Gasteiger charge is -2.29. The summed E-state index contributed by atoms with van der Waals surface area (Å²) >= 11 is 1.77. The number of thiophene rings is 1. The number of nitrogens with zero attached hydrogens (tertiary/aromatic N) is 4. The van der Waals surface area contributed by atoms with Crippen LogP contribution in [0.5, 0.6) is 11.5 Å². The summed E-state index contributed by atoms with van der Waals surface area (Å²) in [6.07, 6.45) is 0.123. The van der Waals surface area contributed by atoms with Crippen molar-refractivity contribution in [1.82, 2.24) is 9.55 Å². The maximum absolute atomic E-state index is 9.28. The first kappa shape index (κ1) is 38.1. The monoisotopic (exact) mass is 963 g/mol. The van der Waals surface area contributed by atoms with Crippen molar-refractivity contribution in [3.05, 3.63) is 205 Å². The van der Waals surface area contributed by atoms with Crippen molar-refractivity contribution in [2.45, 2.75) is 72.6 Å². The molecule has 5 nitrogen and oxygen atoms in total. The Balaban J connectivity index is 0.987. The average Bonchev–Trinajstić information content (AvgIpc) is 4.28. The standard InChI is InChI=1S/C66H60N4OS/c1-42(2)34-43-32-33-67-61(35-43)70-58-31-30-54-53-22-12-15-27-60(53)72-64(54)62(58)55-29-28-50(40-59(55)70)71-49-21-16-20-48(39-49)68-41-69(57-26-14-13-25-56(57)68)63-51(44-18-10-9-11-19-44)23-17-24-52(63)45-36-46(65(3,4)5)38-47(37-45)66(6,7)8/h9-33,35-40,42H,34,41H2,1-8H3/i9D,10D,11D,18D,19D,34D2. The third-order valence-electron chi connectivity index (χ3n) is 13.8. The van der Waals surface area contributed by atoms with Crippen molar-refractivity contribution in [2.24, 2.45) is 5.92 Å². The van der Waals surface area contributed by atoms with Gasteiger partial charge in [0, 0.05) is 68.8 Å². The van der Waals surface area contributed by atoms with Gasteiger partial charge in [0.2, 0.25) is 0 Å². The van der Waals surface area contributed by atoms with E-state index < -0.39 is 12.4 Å². The molecule has 1 aliphatic rings. The molecule has 3 aromatic heterocycles. The lowest BCUT2D eigenvalue weighted by atomic mass is 9.78. The van der Waals surface area contributed by atoms with Crippen LogP contribution < -0.4 is 14.5 Å². The fourth-order valence-electron chi connectivity index (χ4n) is 10.3. The molecule has 0 bridgehead atoms. The summed E-state index contributed by atoms with van der Waals surface area (Å²) in [7, 11) is 0. The SMILES string of the molecule is [2H]c1c([2H])c([2H])c(-c2cccc(-c3cc(C(C)(C)C)cc(C(C)(C)C)c3)c2N2CN(c3cccc(Oc4ccc5c6c7sc8ccccc8c7ccc6n(-c6cc(C([2H])([2H])C(C)C)ccn6)c5c4)c3)c3ccccc32)c([2H])c1[2H]. The van der Waals surface area contributed by atoms with Crippen molar-refractivity contribution in [3.8, 4) is 39.6 Å². The van der Waals surface area contributed by atoms with Gasteiger partial charge in [-0.3, -0.25) is 4.57 Å². The third kappa shape index (κ3) is 8.08. The Morgan fingerprint density at radius 2 is 1.31 bits per heavy atom. The molecule has 6 heteroatoms. The number of benzene rings is 8. The summed E-state index contributed by atoms with van der Waals surface area (Å²) in [5.41, 5.74) is 10.3. The van der Waals surface area contributed by atoms with Gasteiger partial charge in [-0.25, -0.2) is 4.98 Å². The summed E-state index contributed by atoms with van der Waals surface area (Å²) < 4.78 is 74.1. The van der Waals surface area contributed by atoms with Gasteiger partial charge in [-0.1, -0.05) is 164 Å². The number of rotatable bonds is 9. The predicted octanol–water partition coefficient (Wildman–Crippen LogP) is 18.7. The van der Waals surface area contributed by atoms with E-state index in [-0.39, 0.29) is 46.5 Å². The Hall–Kier alpha value is -7.67. The van der Waals surface area contributed by atoms with Crippen LogP contribution in [0.15, 0.2) is 188 Å². The molecule has 0 spiro atoms. The summed E-state index contributed by atoms with van der Waals surface area (Å²) in [6, 6.07) is 49.8. The van der Waals surface area contributed by atoms with Gasteiger partial charge in [0.05, 0.1) is 34.9 Å². The van der Waals surface area contributed by atoms with Crippen LogP contribution in [0.1, 0.15) is 81.7 Å². The number of hydrogen-bond acceptors (Lipinski definition) is 5. The molecule has 0 N–H and O–H groups in total. The molecular weight excluding hydrogens is 897 g/mol. The lowest BCUT2D eigenvalue weighted by Crippen LogP contribution is -2.25. The van der Waals surface area contributed by atoms with E-state index in [0.29, 0.717) is 35.1 Å². The molecule has 0 saturated heterocycles. The first-order valence-electron chi connectivity index (χ1n) is 28.2. The molecule has 0 unspecified atom stereocenters. The molecule has 8 aromatic carbocycles. The molecule has 1 aliphatic heterocycles. The molecular formula is C66H60N4OS. The second-order valence-corrected chi connectivity index (χ2v) is 22.3. The smallest absolute Gasteiger partial charge is 0.137 e. The predicted molar refractivity (Wildman–Crippen MR) is 307 cm³/mol. The minimum absolute atomic E-state index is 0.140. The second-order valence-electron chi connectivity index (χ2n) is 21.2. The van der Waals surface area contributed by atoms with Crippen molar-refractivity contribution < 1.29 is 14.3 Å². The van der Waals surface area contributed by atoms with Gasteiger partial charge >= 0.3 is 0 Å². The first-order valence-corrected chi connectivity index (χ1v) is 25.6. The minimum Gasteiger partial charge on any atom is -0.457 e. The van der Waals surface area contributed by atoms with Crippen LogP contribution in [-0.4, -0.2) is 16.2 Å². The largest absolute Gasteiger partial charge is 0.457 e. The molecule has 72 heavy (non-hydrogen) atoms. The third-order valence-corrected chi connectivity index (χ3v) is 15.0. The molecule has 0 amide bonds. The van der Waals surface area contributed by atoms with Crippen LogP contribution in [0.2, 0.25) is 0 Å². The number of hydrogen-bond donors (Lipinski definition) is 0. The highest BCUT2D eigenvalue weighted by Crippen LogP contribution is 2.51. The first-order chi connectivity index (χ1) is 37.6. The van der Waals surface area contributed by atoms with Gasteiger partial charge < -0.3 is 14.5 Å². The Morgan fingerprint density at radius 1 is 0.625 bits per heavy atom. The number of anilines is 4. The summed E-state index contributed by atoms with van der Waals surface area (Å²) in [5.74, 6) is 1.59. The number of ether oxygens (including phenoxy) is 1. The van der Waals surface area contributed by atoms with Crippen LogP contribution in [0.25, 0.3) is 70.0 Å². The Bertz CT molecular complexity index is 4220. The van der Waals surface area contributed by atoms with Crippen LogP contribution in [0.4, 0.5) is 22.7 Å². The van der Waals surface area contributed by atoms with E-state index >= 15 is 0 Å². The highest BCUT2D eigenvalue weighted by Gasteiger charge is 2.32. The van der Waals surface area contributed by atoms with Crippen LogP contribution >= 0.6 is 11.3 Å². The van der Waals surface area contributed by atoms with E-state index in [4.69, 9.17) is 16.6 Å². The van der Waals surface area contributed by atoms with E-state index in [0.717, 1.165) is 55.7 Å². The second kappa shape index (κ2) is 17.6. The number of fused-ring (bicyclic) bond motifs is 8. The van der Waals surface area contributed by atoms with E-state index in [1.807, 2.05) is 68.4 Å². The van der Waals surface area contributed by atoms with Gasteiger partial charge in [0.15, 0.2) is 0 Å². The van der Waals surface area contributed by atoms with Gasteiger partial charge in [0.1, 0.15) is 24.0 Å². The van der Waals surface area contributed by atoms with Crippen molar-refractivity contribution in [1.29, 1.82) is 0 Å². The van der Waals surface area contributed by atoms with Gasteiger partial charge in [-0.05, 0) is 112 Å². The van der Waals surface area contributed by atoms with E-state index in [9.17, 15) is 2.74 Å². The van der Waals surface area contributed by atoms with Gasteiger partial charge in [-0.15, -0.1) is 11.3 Å². The van der Waals surface area contributed by atoms with Crippen LogP contribution in [-0.2, 0) is 17.2 Å². The van der Waals surface area contributed by atoms with Crippen molar-refractivity contribution in [3.63, 3.8) is 0 Å². The average molecular weight is 964 g/mol. The topological polar surface area (TPSA) is 33.5 Å².